The van der Waals surface area contributed by atoms with Crippen molar-refractivity contribution in [3.63, 3.8) is 0 Å². The molecule has 1 N–H and O–H groups in total. The van der Waals surface area contributed by atoms with Crippen LogP contribution >= 0.6 is 11.6 Å². The molecule has 7 heteroatoms. The second-order valence-electron chi connectivity index (χ2n) is 4.75. The summed E-state index contributed by atoms with van der Waals surface area (Å²) in [5, 5.41) is 11.2. The van der Waals surface area contributed by atoms with Crippen molar-refractivity contribution in [2.45, 2.75) is 33.4 Å². The van der Waals surface area contributed by atoms with Crippen molar-refractivity contribution >= 4 is 17.3 Å². The number of nitrogens with zero attached hydrogens (tertiary/aromatic N) is 3. The Morgan fingerprint density at radius 1 is 1.57 bits per heavy atom. The molecule has 0 amide bonds. The molecule has 2 heterocycles. The molecule has 0 saturated heterocycles. The molecule has 0 aliphatic heterocycles. The minimum Gasteiger partial charge on any atom is -0.376 e. The van der Waals surface area contributed by atoms with Crippen LogP contribution in [0.3, 0.4) is 0 Å². The van der Waals surface area contributed by atoms with Crippen molar-refractivity contribution in [1.29, 1.82) is 0 Å². The summed E-state index contributed by atoms with van der Waals surface area (Å²) in [5.74, 6) is 0.733. The van der Waals surface area contributed by atoms with Crippen molar-refractivity contribution < 1.29 is 4.52 Å². The minimum absolute atomic E-state index is 0.102. The lowest BCUT2D eigenvalue weighted by Gasteiger charge is -2.16. The van der Waals surface area contributed by atoms with Crippen LogP contribution in [0.2, 0.25) is 5.02 Å². The van der Waals surface area contributed by atoms with E-state index in [0.717, 1.165) is 17.0 Å². The van der Waals surface area contributed by atoms with Crippen LogP contribution in [0.4, 0.5) is 5.69 Å². The number of anilines is 1. The molecule has 0 aliphatic carbocycles. The van der Waals surface area contributed by atoms with E-state index in [9.17, 15) is 4.79 Å². The Labute approximate surface area is 127 Å². The van der Waals surface area contributed by atoms with E-state index < -0.39 is 0 Å². The highest BCUT2D eigenvalue weighted by molar-refractivity contribution is 6.32. The van der Waals surface area contributed by atoms with Gasteiger partial charge in [-0.05, 0) is 20.8 Å². The number of aryl methyl sites for hydroxylation is 2. The zero-order valence-corrected chi connectivity index (χ0v) is 12.9. The molecule has 0 aliphatic rings. The summed E-state index contributed by atoms with van der Waals surface area (Å²) in [6.07, 6.45) is 3.12. The molecular formula is C14H17ClN4O2. The predicted molar refractivity (Wildman–Crippen MR) is 81.7 cm³/mol. The van der Waals surface area contributed by atoms with Gasteiger partial charge >= 0.3 is 0 Å². The van der Waals surface area contributed by atoms with E-state index in [1.54, 1.807) is 6.08 Å². The molecule has 0 spiro atoms. The Morgan fingerprint density at radius 3 is 2.86 bits per heavy atom. The first kappa shape index (κ1) is 15.3. The lowest BCUT2D eigenvalue weighted by Crippen LogP contribution is -2.24. The molecule has 1 unspecified atom stereocenters. The van der Waals surface area contributed by atoms with Crippen LogP contribution in [0.25, 0.3) is 0 Å². The van der Waals surface area contributed by atoms with Crippen molar-refractivity contribution in [2.75, 3.05) is 5.32 Å². The zero-order chi connectivity index (χ0) is 15.6. The number of hydrogen-bond acceptors (Lipinski definition) is 5. The topological polar surface area (TPSA) is 73.0 Å². The molecule has 0 radical (unpaired) electrons. The van der Waals surface area contributed by atoms with Gasteiger partial charge in [-0.2, -0.15) is 5.10 Å². The van der Waals surface area contributed by atoms with Gasteiger partial charge in [0.25, 0.3) is 5.56 Å². The largest absolute Gasteiger partial charge is 0.376 e. The van der Waals surface area contributed by atoms with Gasteiger partial charge in [0.1, 0.15) is 10.8 Å². The summed E-state index contributed by atoms with van der Waals surface area (Å²) in [5.41, 5.74) is 1.87. The van der Waals surface area contributed by atoms with Gasteiger partial charge in [-0.25, -0.2) is 4.68 Å². The first-order chi connectivity index (χ1) is 9.95. The molecule has 0 fully saturated rings. The summed E-state index contributed by atoms with van der Waals surface area (Å²) >= 11 is 6.11. The van der Waals surface area contributed by atoms with Crippen LogP contribution in [-0.4, -0.2) is 14.9 Å². The monoisotopic (exact) mass is 308 g/mol. The third kappa shape index (κ3) is 3.00. The van der Waals surface area contributed by atoms with Gasteiger partial charge in [-0.15, -0.1) is 6.58 Å². The molecule has 2 rings (SSSR count). The van der Waals surface area contributed by atoms with Crippen molar-refractivity contribution in [2.24, 2.45) is 0 Å². The first-order valence-electron chi connectivity index (χ1n) is 6.51. The van der Waals surface area contributed by atoms with Gasteiger partial charge in [-0.1, -0.05) is 22.8 Å². The van der Waals surface area contributed by atoms with E-state index in [0.29, 0.717) is 12.2 Å². The second kappa shape index (κ2) is 6.13. The van der Waals surface area contributed by atoms with E-state index in [4.69, 9.17) is 16.1 Å². The number of rotatable bonds is 5. The average Bonchev–Trinajstić information content (AvgIpc) is 2.78. The molecule has 112 valence electrons. The third-order valence-corrected chi connectivity index (χ3v) is 3.55. The molecule has 2 aromatic heterocycles. The zero-order valence-electron chi connectivity index (χ0n) is 12.2. The summed E-state index contributed by atoms with van der Waals surface area (Å²) in [6.45, 7) is 9.54. The maximum atomic E-state index is 12.0. The fourth-order valence-corrected chi connectivity index (χ4v) is 2.43. The van der Waals surface area contributed by atoms with Gasteiger partial charge in [0.15, 0.2) is 0 Å². The Hall–Kier alpha value is -2.08. The maximum Gasteiger partial charge on any atom is 0.287 e. The fraction of sp³-hybridized carbons (Fsp3) is 0.357. The van der Waals surface area contributed by atoms with Crippen LogP contribution in [0.15, 0.2) is 28.2 Å². The van der Waals surface area contributed by atoms with Crippen molar-refractivity contribution in [3.8, 4) is 0 Å². The smallest absolute Gasteiger partial charge is 0.287 e. The molecule has 0 aromatic carbocycles. The van der Waals surface area contributed by atoms with Gasteiger partial charge in [-0.3, -0.25) is 4.79 Å². The van der Waals surface area contributed by atoms with Gasteiger partial charge in [0.05, 0.1) is 30.2 Å². The standard InChI is InChI=1S/C14H17ClN4O2/c1-5-6-19-14(20)13(15)11(7-16-19)17-8(2)12-9(3)18-21-10(12)4/h5,7-8,17H,1,6H2,2-4H3. The summed E-state index contributed by atoms with van der Waals surface area (Å²) in [6, 6.07) is -0.106. The molecule has 21 heavy (non-hydrogen) atoms. The van der Waals surface area contributed by atoms with Gasteiger partial charge < -0.3 is 9.84 Å². The number of allylic oxidation sites excluding steroid dienone is 1. The quantitative estimate of drug-likeness (QED) is 0.860. The molecule has 2 aromatic rings. The van der Waals surface area contributed by atoms with E-state index >= 15 is 0 Å². The first-order valence-corrected chi connectivity index (χ1v) is 6.89. The van der Waals surface area contributed by atoms with E-state index in [2.05, 4.69) is 22.2 Å². The molecule has 0 bridgehead atoms. The highest BCUT2D eigenvalue weighted by atomic mass is 35.5. The number of nitrogens with one attached hydrogen (secondary N) is 1. The van der Waals surface area contributed by atoms with E-state index in [1.807, 2.05) is 20.8 Å². The van der Waals surface area contributed by atoms with E-state index in [1.165, 1.54) is 10.9 Å². The summed E-state index contributed by atoms with van der Waals surface area (Å²) in [4.78, 5) is 12.0. The molecule has 6 nitrogen and oxygen atoms in total. The normalized spacial score (nSPS) is 12.2. The Morgan fingerprint density at radius 2 is 2.29 bits per heavy atom. The molecule has 1 atom stereocenters. The van der Waals surface area contributed by atoms with Crippen LogP contribution in [-0.2, 0) is 6.54 Å². The van der Waals surface area contributed by atoms with Gasteiger partial charge in [0.2, 0.25) is 0 Å². The highest BCUT2D eigenvalue weighted by Crippen LogP contribution is 2.26. The minimum atomic E-state index is -0.354. The lowest BCUT2D eigenvalue weighted by molar-refractivity contribution is 0.392. The highest BCUT2D eigenvalue weighted by Gasteiger charge is 2.18. The SMILES string of the molecule is C=CCn1ncc(NC(C)c2c(C)noc2C)c(Cl)c1=O. The Balaban J connectivity index is 2.30. The number of hydrogen-bond donors (Lipinski definition) is 1. The third-order valence-electron chi connectivity index (χ3n) is 3.18. The number of halogens is 1. The van der Waals surface area contributed by atoms with Gasteiger partial charge in [0, 0.05) is 5.56 Å². The van der Waals surface area contributed by atoms with Crippen LogP contribution in [0.5, 0.6) is 0 Å². The Bertz CT molecular complexity index is 701. The summed E-state index contributed by atoms with van der Waals surface area (Å²) < 4.78 is 6.39. The average molecular weight is 309 g/mol. The van der Waals surface area contributed by atoms with Crippen molar-refractivity contribution in [3.05, 3.63) is 51.2 Å². The maximum absolute atomic E-state index is 12.0. The summed E-state index contributed by atoms with van der Waals surface area (Å²) in [7, 11) is 0. The predicted octanol–water partition coefficient (Wildman–Crippen LogP) is 2.86. The van der Waals surface area contributed by atoms with Crippen LogP contribution in [0.1, 0.15) is 30.0 Å². The van der Waals surface area contributed by atoms with Crippen LogP contribution < -0.4 is 10.9 Å². The number of aromatic nitrogens is 3. The van der Waals surface area contributed by atoms with E-state index in [-0.39, 0.29) is 16.6 Å². The van der Waals surface area contributed by atoms with Crippen LogP contribution in [0, 0.1) is 13.8 Å². The van der Waals surface area contributed by atoms with Crippen molar-refractivity contribution in [1.82, 2.24) is 14.9 Å². The molecule has 0 saturated carbocycles. The fourth-order valence-electron chi connectivity index (χ4n) is 2.23. The second-order valence-corrected chi connectivity index (χ2v) is 5.13. The Kier molecular flexibility index (Phi) is 4.47. The lowest BCUT2D eigenvalue weighted by atomic mass is 10.1. The molecular weight excluding hydrogens is 292 g/mol.